The summed E-state index contributed by atoms with van der Waals surface area (Å²) in [4.78, 5) is 18.4. The van der Waals surface area contributed by atoms with Crippen molar-refractivity contribution in [3.63, 3.8) is 0 Å². The van der Waals surface area contributed by atoms with Crippen molar-refractivity contribution in [1.82, 2.24) is 9.80 Å². The van der Waals surface area contributed by atoms with Crippen molar-refractivity contribution >= 4 is 17.5 Å². The van der Waals surface area contributed by atoms with E-state index in [9.17, 15) is 9.18 Å². The van der Waals surface area contributed by atoms with Gasteiger partial charge in [0, 0.05) is 41.6 Å². The number of nitrogens with zero attached hydrogens (tertiary/aromatic N) is 2. The molecule has 0 N–H and O–H groups in total. The van der Waals surface area contributed by atoms with Gasteiger partial charge in [-0.15, -0.1) is 6.58 Å². The number of rotatable bonds is 7. The molecule has 1 aliphatic carbocycles. The molecule has 1 amide bonds. The molecule has 2 fully saturated rings. The second-order valence-electron chi connectivity index (χ2n) is 9.48. The third-order valence-corrected chi connectivity index (χ3v) is 8.01. The van der Waals surface area contributed by atoms with Gasteiger partial charge in [0.2, 0.25) is 0 Å². The molecule has 0 radical (unpaired) electrons. The summed E-state index contributed by atoms with van der Waals surface area (Å²) in [5.41, 5.74) is 2.21. The molecule has 0 aromatic heterocycles. The second kappa shape index (κ2) is 8.83. The molecule has 2 aromatic rings. The van der Waals surface area contributed by atoms with E-state index in [0.717, 1.165) is 42.5 Å². The summed E-state index contributed by atoms with van der Waals surface area (Å²) < 4.78 is 13.6. The van der Waals surface area contributed by atoms with Crippen LogP contribution < -0.4 is 0 Å². The van der Waals surface area contributed by atoms with Gasteiger partial charge in [0.1, 0.15) is 11.5 Å². The number of fused-ring (bicyclic) bond motifs is 4. The highest BCUT2D eigenvalue weighted by Crippen LogP contribution is 2.66. The maximum atomic E-state index is 13.9. The molecule has 1 spiro atoms. The normalized spacial score (nSPS) is 24.4. The minimum atomic E-state index is -0.589. The van der Waals surface area contributed by atoms with E-state index in [1.807, 2.05) is 48.6 Å². The smallest absolute Gasteiger partial charge is 0.255 e. The Morgan fingerprint density at radius 3 is 2.59 bits per heavy atom. The third-order valence-electron chi connectivity index (χ3n) is 7.73. The topological polar surface area (TPSA) is 23.6 Å². The minimum absolute atomic E-state index is 0.0742. The van der Waals surface area contributed by atoms with Crippen LogP contribution in [0.25, 0.3) is 0 Å². The van der Waals surface area contributed by atoms with Crippen molar-refractivity contribution in [2.75, 3.05) is 13.1 Å². The van der Waals surface area contributed by atoms with Crippen molar-refractivity contribution in [2.24, 2.45) is 5.92 Å². The molecule has 5 heteroatoms. The molecule has 0 bridgehead atoms. The number of amides is 1. The number of hydrogen-bond donors (Lipinski definition) is 0. The Balaban J connectivity index is 1.67. The van der Waals surface area contributed by atoms with Crippen molar-refractivity contribution in [1.29, 1.82) is 0 Å². The van der Waals surface area contributed by atoms with Crippen LogP contribution in [0.5, 0.6) is 0 Å². The molecule has 2 atom stereocenters. The molecule has 2 heterocycles. The average Bonchev–Trinajstić information content (AvgIpc) is 3.56. The highest BCUT2D eigenvalue weighted by molar-refractivity contribution is 6.31. The number of allylic oxidation sites excluding steroid dienone is 3. The fourth-order valence-corrected chi connectivity index (χ4v) is 6.52. The quantitative estimate of drug-likeness (QED) is 0.340. The third kappa shape index (κ3) is 3.38. The van der Waals surface area contributed by atoms with Crippen LogP contribution in [0.1, 0.15) is 47.7 Å². The van der Waals surface area contributed by atoms with Crippen LogP contribution in [0.3, 0.4) is 0 Å². The van der Waals surface area contributed by atoms with Crippen LogP contribution in [-0.4, -0.2) is 34.5 Å². The first-order valence-corrected chi connectivity index (χ1v) is 12.4. The van der Waals surface area contributed by atoms with Crippen molar-refractivity contribution in [3.8, 4) is 0 Å². The lowest BCUT2D eigenvalue weighted by molar-refractivity contribution is -0.0428. The number of hydrogen-bond acceptors (Lipinski definition) is 2. The van der Waals surface area contributed by atoms with Gasteiger partial charge in [-0.1, -0.05) is 67.1 Å². The predicted molar refractivity (Wildman–Crippen MR) is 135 cm³/mol. The van der Waals surface area contributed by atoms with Crippen molar-refractivity contribution in [2.45, 2.75) is 43.8 Å². The van der Waals surface area contributed by atoms with Crippen molar-refractivity contribution < 1.29 is 9.18 Å². The van der Waals surface area contributed by atoms with E-state index >= 15 is 0 Å². The zero-order chi connectivity index (χ0) is 23.9. The lowest BCUT2D eigenvalue weighted by Gasteiger charge is -2.56. The van der Waals surface area contributed by atoms with Crippen LogP contribution in [0.4, 0.5) is 4.39 Å². The van der Waals surface area contributed by atoms with E-state index in [0.29, 0.717) is 18.1 Å². The van der Waals surface area contributed by atoms with Crippen LogP contribution in [0.15, 0.2) is 84.4 Å². The van der Waals surface area contributed by atoms with E-state index in [-0.39, 0.29) is 23.1 Å². The Bertz CT molecular complexity index is 1170. The molecule has 3 nitrogen and oxygen atoms in total. The van der Waals surface area contributed by atoms with E-state index in [4.69, 9.17) is 11.6 Å². The summed E-state index contributed by atoms with van der Waals surface area (Å²) in [5, 5.41) is 0.688. The van der Waals surface area contributed by atoms with Crippen LogP contribution >= 0.6 is 11.6 Å². The van der Waals surface area contributed by atoms with Crippen LogP contribution in [0, 0.1) is 11.7 Å². The highest BCUT2D eigenvalue weighted by Gasteiger charge is 2.72. The molecule has 1 saturated heterocycles. The monoisotopic (exact) mass is 476 g/mol. The second-order valence-corrected chi connectivity index (χ2v) is 9.91. The van der Waals surface area contributed by atoms with E-state index in [2.05, 4.69) is 35.4 Å². The summed E-state index contributed by atoms with van der Waals surface area (Å²) in [6.45, 7) is 8.29. The van der Waals surface area contributed by atoms with Gasteiger partial charge in [-0.3, -0.25) is 9.69 Å². The van der Waals surface area contributed by atoms with Gasteiger partial charge in [-0.25, -0.2) is 4.39 Å². The molecule has 2 aromatic carbocycles. The summed E-state index contributed by atoms with van der Waals surface area (Å²) >= 11 is 6.45. The lowest BCUT2D eigenvalue weighted by atomic mass is 9.68. The standard InChI is InChI=1S/C29H30ClFN2O/c1-3-7-23(30)13-12-22(4-2)29-28(16-17-28)26-9-6-5-8-25(26)27(34)33(29)19-18-32(29)20-21-10-14-24(31)15-11-21/h4-15,22H,2-3,16-20H2,1H3/b13-12-,23-7+. The predicted octanol–water partition coefficient (Wildman–Crippen LogP) is 6.42. The van der Waals surface area contributed by atoms with Gasteiger partial charge in [0.25, 0.3) is 5.91 Å². The number of carbonyl (C=O) groups is 1. The van der Waals surface area contributed by atoms with Gasteiger partial charge in [-0.05, 0) is 54.7 Å². The summed E-state index contributed by atoms with van der Waals surface area (Å²) in [6, 6.07) is 14.8. The number of halogens is 2. The van der Waals surface area contributed by atoms with Crippen molar-refractivity contribution in [3.05, 3.63) is 107 Å². The highest BCUT2D eigenvalue weighted by atomic mass is 35.5. The first-order chi connectivity index (χ1) is 16.5. The first kappa shape index (κ1) is 23.1. The molecule has 34 heavy (non-hydrogen) atoms. The molecule has 5 rings (SSSR count). The lowest BCUT2D eigenvalue weighted by Crippen LogP contribution is -2.68. The Kier molecular flexibility index (Phi) is 5.99. The minimum Gasteiger partial charge on any atom is -0.317 e. The molecule has 176 valence electrons. The van der Waals surface area contributed by atoms with Gasteiger partial charge < -0.3 is 4.90 Å². The van der Waals surface area contributed by atoms with E-state index < -0.39 is 5.66 Å². The molecule has 2 aliphatic heterocycles. The molecule has 3 aliphatic rings. The van der Waals surface area contributed by atoms with Crippen LogP contribution in [-0.2, 0) is 12.0 Å². The van der Waals surface area contributed by atoms with Crippen LogP contribution in [0.2, 0.25) is 0 Å². The van der Waals surface area contributed by atoms with E-state index in [1.165, 1.54) is 12.1 Å². The summed E-state index contributed by atoms with van der Waals surface area (Å²) in [5.74, 6) is -0.300. The summed E-state index contributed by atoms with van der Waals surface area (Å²) in [6.07, 6.45) is 10.9. The molecular formula is C29H30ClFN2O. The number of benzene rings is 2. The van der Waals surface area contributed by atoms with Gasteiger partial charge >= 0.3 is 0 Å². The van der Waals surface area contributed by atoms with Gasteiger partial charge in [-0.2, -0.15) is 0 Å². The fraction of sp³-hybridized carbons (Fsp3) is 0.345. The maximum Gasteiger partial charge on any atom is 0.255 e. The Morgan fingerprint density at radius 1 is 1.18 bits per heavy atom. The first-order valence-electron chi connectivity index (χ1n) is 12.1. The number of carbonyl (C=O) groups excluding carboxylic acids is 1. The molecular weight excluding hydrogens is 447 g/mol. The molecule has 1 saturated carbocycles. The SMILES string of the molecule is C=CC(/C=C\C(Cl)=C/CC)C12N(Cc3ccc(F)cc3)CCN1C(=O)c1ccccc1C21CC1. The Hall–Kier alpha value is -2.69. The van der Waals surface area contributed by atoms with E-state index in [1.54, 1.807) is 0 Å². The fourth-order valence-electron chi connectivity index (χ4n) is 6.30. The Morgan fingerprint density at radius 2 is 1.91 bits per heavy atom. The largest absolute Gasteiger partial charge is 0.317 e. The Labute approximate surface area is 206 Å². The zero-order valence-electron chi connectivity index (χ0n) is 19.5. The summed E-state index contributed by atoms with van der Waals surface area (Å²) in [7, 11) is 0. The average molecular weight is 477 g/mol. The van der Waals surface area contributed by atoms with Gasteiger partial charge in [0.15, 0.2) is 0 Å². The maximum absolute atomic E-state index is 13.9. The molecule has 2 unspecified atom stereocenters. The zero-order valence-corrected chi connectivity index (χ0v) is 20.3. The van der Waals surface area contributed by atoms with Gasteiger partial charge in [0.05, 0.1) is 0 Å².